The minimum absolute atomic E-state index is 0.615. The van der Waals surface area contributed by atoms with Crippen LogP contribution < -0.4 is 10.6 Å². The third kappa shape index (κ3) is 1.61. The first-order chi connectivity index (χ1) is 6.38. The van der Waals surface area contributed by atoms with Crippen molar-refractivity contribution in [1.82, 2.24) is 20.2 Å². The second kappa shape index (κ2) is 3.18. The van der Waals surface area contributed by atoms with Crippen LogP contribution in [-0.4, -0.2) is 27.2 Å². The molecule has 2 aromatic heterocycles. The lowest BCUT2D eigenvalue weighted by Crippen LogP contribution is -1.91. The van der Waals surface area contributed by atoms with E-state index in [-0.39, 0.29) is 0 Å². The third-order valence-electron chi connectivity index (χ3n) is 1.58. The highest BCUT2D eigenvalue weighted by atomic mass is 15.3. The first kappa shape index (κ1) is 7.66. The molecule has 68 valence electrons. The summed E-state index contributed by atoms with van der Waals surface area (Å²) in [5.41, 5.74) is 0.943. The minimum Gasteiger partial charge on any atom is -0.366 e. The molecular weight excluding hydrogens is 168 g/mol. The van der Waals surface area contributed by atoms with E-state index in [2.05, 4.69) is 30.8 Å². The van der Waals surface area contributed by atoms with E-state index < -0.39 is 0 Å². The van der Waals surface area contributed by atoms with Gasteiger partial charge in [-0.05, 0) is 6.07 Å². The molecule has 0 aromatic carbocycles. The Balaban J connectivity index is 2.10. The first-order valence-corrected chi connectivity index (χ1v) is 3.89. The van der Waals surface area contributed by atoms with Crippen molar-refractivity contribution in [1.29, 1.82) is 0 Å². The first-order valence-electron chi connectivity index (χ1n) is 3.89. The van der Waals surface area contributed by atoms with Gasteiger partial charge in [-0.2, -0.15) is 0 Å². The molecule has 6 heteroatoms. The van der Waals surface area contributed by atoms with Crippen LogP contribution in [0.2, 0.25) is 0 Å². The van der Waals surface area contributed by atoms with Crippen LogP contribution in [0.5, 0.6) is 0 Å². The van der Waals surface area contributed by atoms with E-state index in [0.717, 1.165) is 5.69 Å². The highest BCUT2D eigenvalue weighted by Crippen LogP contribution is 2.11. The molecule has 2 aromatic rings. The zero-order valence-corrected chi connectivity index (χ0v) is 7.13. The summed E-state index contributed by atoms with van der Waals surface area (Å²) < 4.78 is 0. The molecule has 0 aliphatic rings. The summed E-state index contributed by atoms with van der Waals surface area (Å²) in [6.45, 7) is 0. The number of nitrogens with one attached hydrogen (secondary N) is 4. The van der Waals surface area contributed by atoms with E-state index in [1.54, 1.807) is 7.05 Å². The SMILES string of the molecule is CNc1nnc(Nc2cc[nH]c2)[nH]1. The lowest BCUT2D eigenvalue weighted by atomic mass is 10.5. The van der Waals surface area contributed by atoms with Gasteiger partial charge in [0.2, 0.25) is 11.9 Å². The monoisotopic (exact) mass is 178 g/mol. The van der Waals surface area contributed by atoms with E-state index in [9.17, 15) is 0 Å². The molecule has 0 radical (unpaired) electrons. The molecule has 0 bridgehead atoms. The fourth-order valence-electron chi connectivity index (χ4n) is 0.969. The van der Waals surface area contributed by atoms with Crippen molar-refractivity contribution >= 4 is 17.6 Å². The normalized spacial score (nSPS) is 9.92. The third-order valence-corrected chi connectivity index (χ3v) is 1.58. The predicted octanol–water partition coefficient (Wildman–Crippen LogP) is 0.918. The quantitative estimate of drug-likeness (QED) is 0.563. The Morgan fingerprint density at radius 1 is 1.31 bits per heavy atom. The smallest absolute Gasteiger partial charge is 0.227 e. The fourth-order valence-corrected chi connectivity index (χ4v) is 0.969. The lowest BCUT2D eigenvalue weighted by Gasteiger charge is -1.95. The number of anilines is 3. The highest BCUT2D eigenvalue weighted by Gasteiger charge is 1.99. The van der Waals surface area contributed by atoms with Crippen LogP contribution in [0.25, 0.3) is 0 Å². The van der Waals surface area contributed by atoms with E-state index in [0.29, 0.717) is 11.9 Å². The van der Waals surface area contributed by atoms with Gasteiger partial charge < -0.3 is 15.6 Å². The molecule has 0 aliphatic heterocycles. The Kier molecular flexibility index (Phi) is 1.87. The largest absolute Gasteiger partial charge is 0.366 e. The van der Waals surface area contributed by atoms with Gasteiger partial charge in [-0.15, -0.1) is 10.2 Å². The van der Waals surface area contributed by atoms with Crippen LogP contribution in [0.1, 0.15) is 0 Å². The molecule has 0 aliphatic carbocycles. The van der Waals surface area contributed by atoms with Crippen molar-refractivity contribution in [3.05, 3.63) is 18.5 Å². The lowest BCUT2D eigenvalue weighted by molar-refractivity contribution is 1.09. The summed E-state index contributed by atoms with van der Waals surface area (Å²) in [7, 11) is 1.78. The Morgan fingerprint density at radius 3 is 2.77 bits per heavy atom. The fraction of sp³-hybridized carbons (Fsp3) is 0.143. The van der Waals surface area contributed by atoms with Crippen LogP contribution in [0.3, 0.4) is 0 Å². The maximum Gasteiger partial charge on any atom is 0.227 e. The second-order valence-corrected chi connectivity index (χ2v) is 2.50. The van der Waals surface area contributed by atoms with Crippen LogP contribution in [-0.2, 0) is 0 Å². The number of hydrogen-bond acceptors (Lipinski definition) is 4. The molecular formula is C7H10N6. The van der Waals surface area contributed by atoms with Crippen LogP contribution in [0.15, 0.2) is 18.5 Å². The number of rotatable bonds is 3. The van der Waals surface area contributed by atoms with Crippen molar-refractivity contribution < 1.29 is 0 Å². The average molecular weight is 178 g/mol. The van der Waals surface area contributed by atoms with Gasteiger partial charge in [0.1, 0.15) is 0 Å². The van der Waals surface area contributed by atoms with Gasteiger partial charge in [-0.3, -0.25) is 4.98 Å². The molecule has 13 heavy (non-hydrogen) atoms. The Hall–Kier alpha value is -1.98. The van der Waals surface area contributed by atoms with Gasteiger partial charge >= 0.3 is 0 Å². The summed E-state index contributed by atoms with van der Waals surface area (Å²) in [6.07, 6.45) is 3.67. The molecule has 0 spiro atoms. The van der Waals surface area contributed by atoms with Gasteiger partial charge in [-0.25, -0.2) is 0 Å². The highest BCUT2D eigenvalue weighted by molar-refractivity contribution is 5.52. The van der Waals surface area contributed by atoms with Crippen LogP contribution in [0.4, 0.5) is 17.6 Å². The summed E-state index contributed by atoms with van der Waals surface area (Å²) in [5.74, 6) is 1.25. The van der Waals surface area contributed by atoms with Gasteiger partial charge in [-0.1, -0.05) is 0 Å². The van der Waals surface area contributed by atoms with Gasteiger partial charge in [0.15, 0.2) is 0 Å². The Bertz CT molecular complexity index is 362. The van der Waals surface area contributed by atoms with Gasteiger partial charge in [0, 0.05) is 19.4 Å². The summed E-state index contributed by atoms with van der Waals surface area (Å²) in [5, 5.41) is 13.6. The molecule has 0 saturated heterocycles. The number of aromatic nitrogens is 4. The topological polar surface area (TPSA) is 81.4 Å². The molecule has 0 saturated carbocycles. The molecule has 2 rings (SSSR count). The Morgan fingerprint density at radius 2 is 2.15 bits per heavy atom. The van der Waals surface area contributed by atoms with E-state index in [1.807, 2.05) is 18.5 Å². The van der Waals surface area contributed by atoms with Gasteiger partial charge in [0.25, 0.3) is 0 Å². The van der Waals surface area contributed by atoms with Crippen LogP contribution >= 0.6 is 0 Å². The molecule has 4 N–H and O–H groups in total. The van der Waals surface area contributed by atoms with Crippen molar-refractivity contribution in [2.24, 2.45) is 0 Å². The number of aromatic amines is 2. The predicted molar refractivity (Wildman–Crippen MR) is 50.0 cm³/mol. The molecule has 0 unspecified atom stereocenters. The van der Waals surface area contributed by atoms with Crippen molar-refractivity contribution in [3.63, 3.8) is 0 Å². The summed E-state index contributed by atoms with van der Waals surface area (Å²) >= 11 is 0. The standard InChI is InChI=1S/C7H10N6/c1-8-6-11-7(13-12-6)10-5-2-3-9-4-5/h2-4,9H,1H3,(H3,8,10,11,12,13). The number of nitrogens with zero attached hydrogens (tertiary/aromatic N) is 2. The van der Waals surface area contributed by atoms with Crippen LogP contribution in [0, 0.1) is 0 Å². The molecule has 6 nitrogen and oxygen atoms in total. The summed E-state index contributed by atoms with van der Waals surface area (Å²) in [4.78, 5) is 5.87. The summed E-state index contributed by atoms with van der Waals surface area (Å²) in [6, 6.07) is 1.90. The number of H-pyrrole nitrogens is 2. The molecule has 0 amide bonds. The maximum absolute atomic E-state index is 3.87. The zero-order valence-electron chi connectivity index (χ0n) is 7.13. The average Bonchev–Trinajstić information content (AvgIpc) is 2.76. The van der Waals surface area contributed by atoms with Crippen molar-refractivity contribution in [2.45, 2.75) is 0 Å². The van der Waals surface area contributed by atoms with Crippen molar-refractivity contribution in [3.8, 4) is 0 Å². The number of hydrogen-bond donors (Lipinski definition) is 4. The minimum atomic E-state index is 0.615. The molecule has 2 heterocycles. The zero-order chi connectivity index (χ0) is 9.10. The second-order valence-electron chi connectivity index (χ2n) is 2.50. The van der Waals surface area contributed by atoms with E-state index >= 15 is 0 Å². The maximum atomic E-state index is 3.87. The molecule has 0 fully saturated rings. The van der Waals surface area contributed by atoms with Crippen molar-refractivity contribution in [2.75, 3.05) is 17.7 Å². The van der Waals surface area contributed by atoms with E-state index in [4.69, 9.17) is 0 Å². The van der Waals surface area contributed by atoms with E-state index in [1.165, 1.54) is 0 Å². The Labute approximate surface area is 74.8 Å². The molecule has 0 atom stereocenters. The van der Waals surface area contributed by atoms with Gasteiger partial charge in [0.05, 0.1) is 5.69 Å².